The van der Waals surface area contributed by atoms with E-state index in [1.807, 2.05) is 0 Å². The van der Waals surface area contributed by atoms with E-state index in [-0.39, 0.29) is 19.0 Å². The lowest BCUT2D eigenvalue weighted by Crippen LogP contribution is -2.45. The molecular formula is C10H18ClNO6. The number of carboxylic acids is 2. The third-order valence-electron chi connectivity index (χ3n) is 1.65. The van der Waals surface area contributed by atoms with Crippen molar-refractivity contribution in [3.63, 3.8) is 0 Å². The van der Waals surface area contributed by atoms with Crippen LogP contribution in [0.2, 0.25) is 0 Å². The number of quaternary nitrogens is 1. The van der Waals surface area contributed by atoms with Gasteiger partial charge in [0.2, 0.25) is 0 Å². The Morgan fingerprint density at radius 1 is 1.44 bits per heavy atom. The number of halogens is 1. The van der Waals surface area contributed by atoms with Crippen molar-refractivity contribution in [3.05, 3.63) is 0 Å². The van der Waals surface area contributed by atoms with Gasteiger partial charge in [0.05, 0.1) is 25.2 Å². The number of carbonyl (C=O) groups is 3. The Morgan fingerprint density at radius 3 is 2.39 bits per heavy atom. The van der Waals surface area contributed by atoms with Crippen molar-refractivity contribution in [2.24, 2.45) is 0 Å². The zero-order valence-electron chi connectivity index (χ0n) is 13.0. The zero-order chi connectivity index (χ0) is 16.1. The number of rotatable bonds is 7. The monoisotopic (exact) mass is 286 g/mol. The van der Waals surface area contributed by atoms with Gasteiger partial charge in [-0.1, -0.05) is 0 Å². The van der Waals surface area contributed by atoms with Crippen LogP contribution in [0.5, 0.6) is 0 Å². The number of esters is 1. The van der Waals surface area contributed by atoms with Crippen LogP contribution in [0.1, 0.15) is 17.0 Å². The predicted molar refractivity (Wildman–Crippen MR) is 61.9 cm³/mol. The topological polar surface area (TPSA) is 104 Å². The molecule has 0 aromatic carbocycles. The molecule has 0 amide bonds. The van der Waals surface area contributed by atoms with E-state index < -0.39 is 48.3 Å². The average molecular weight is 287 g/mol. The summed E-state index contributed by atoms with van der Waals surface area (Å²) >= 11 is 0. The SMILES string of the molecule is Cl.[2H]C([2H])([2H])[N+](C)(C)C[C@@H](CC(=O)[O-])OC(=O)CC(=O)O. The van der Waals surface area contributed by atoms with Crippen molar-refractivity contribution in [1.82, 2.24) is 0 Å². The van der Waals surface area contributed by atoms with Crippen molar-refractivity contribution in [2.45, 2.75) is 18.9 Å². The highest BCUT2D eigenvalue weighted by molar-refractivity contribution is 5.90. The fraction of sp³-hybridized carbons (Fsp3) is 0.700. The number of hydrogen-bond donors (Lipinski definition) is 1. The van der Waals surface area contributed by atoms with Crippen molar-refractivity contribution in [2.75, 3.05) is 27.6 Å². The maximum absolute atomic E-state index is 11.2. The second kappa shape index (κ2) is 7.88. The summed E-state index contributed by atoms with van der Waals surface area (Å²) in [6.45, 7) is -2.75. The fourth-order valence-corrected chi connectivity index (χ4v) is 1.19. The summed E-state index contributed by atoms with van der Waals surface area (Å²) in [6.07, 6.45) is -2.91. The van der Waals surface area contributed by atoms with E-state index in [9.17, 15) is 19.5 Å². The molecule has 0 rings (SSSR count). The molecule has 0 aromatic rings. The molecule has 0 spiro atoms. The third-order valence-corrected chi connectivity index (χ3v) is 1.65. The molecule has 0 heterocycles. The molecule has 0 bridgehead atoms. The van der Waals surface area contributed by atoms with Gasteiger partial charge >= 0.3 is 11.9 Å². The van der Waals surface area contributed by atoms with Crippen LogP contribution in [0.3, 0.4) is 0 Å². The van der Waals surface area contributed by atoms with E-state index in [4.69, 9.17) is 14.0 Å². The molecule has 0 saturated carbocycles. The number of nitrogens with zero attached hydrogens (tertiary/aromatic N) is 1. The van der Waals surface area contributed by atoms with Crippen LogP contribution in [0.25, 0.3) is 0 Å². The smallest absolute Gasteiger partial charge is 0.317 e. The summed E-state index contributed by atoms with van der Waals surface area (Å²) < 4.78 is 26.0. The van der Waals surface area contributed by atoms with Crippen LogP contribution in [0.4, 0.5) is 0 Å². The minimum atomic E-state index is -2.44. The summed E-state index contributed by atoms with van der Waals surface area (Å²) in [5.74, 6) is -4.08. The van der Waals surface area contributed by atoms with E-state index in [2.05, 4.69) is 0 Å². The lowest BCUT2D eigenvalue weighted by Gasteiger charge is -2.29. The zero-order valence-corrected chi connectivity index (χ0v) is 10.9. The summed E-state index contributed by atoms with van der Waals surface area (Å²) in [5, 5.41) is 19.0. The number of carbonyl (C=O) groups excluding carboxylic acids is 2. The summed E-state index contributed by atoms with van der Waals surface area (Å²) in [5.41, 5.74) is 0. The Labute approximate surface area is 116 Å². The Balaban J connectivity index is 0. The molecule has 0 unspecified atom stereocenters. The van der Waals surface area contributed by atoms with Gasteiger partial charge in [0.15, 0.2) is 6.10 Å². The number of ether oxygens (including phenoxy) is 1. The molecular weight excluding hydrogens is 266 g/mol. The van der Waals surface area contributed by atoms with E-state index in [1.54, 1.807) is 0 Å². The fourth-order valence-electron chi connectivity index (χ4n) is 1.19. The molecule has 18 heavy (non-hydrogen) atoms. The quantitative estimate of drug-likeness (QED) is 0.352. The van der Waals surface area contributed by atoms with Crippen molar-refractivity contribution >= 4 is 30.3 Å². The molecule has 0 radical (unpaired) electrons. The van der Waals surface area contributed by atoms with Crippen molar-refractivity contribution in [1.29, 1.82) is 0 Å². The Kier molecular flexibility index (Phi) is 5.74. The molecule has 0 aliphatic heterocycles. The van der Waals surface area contributed by atoms with Gasteiger partial charge in [-0.2, -0.15) is 0 Å². The lowest BCUT2D eigenvalue weighted by atomic mass is 10.2. The second-order valence-corrected chi connectivity index (χ2v) is 4.13. The molecule has 0 aliphatic rings. The van der Waals surface area contributed by atoms with Crippen LogP contribution in [-0.2, 0) is 19.1 Å². The molecule has 1 N–H and O–H groups in total. The first-order valence-electron chi connectivity index (χ1n) is 6.29. The molecule has 1 atom stereocenters. The standard InChI is InChI=1S/C10H17NO6.ClH/c1-11(2,3)6-7(4-8(12)13)17-10(16)5-9(14)15;/h7H,4-6H2,1-3H3,(H-,12,13,14,15);1H/t7-;/m1./s1/i1D3;. The molecule has 0 aromatic heterocycles. The first-order valence-corrected chi connectivity index (χ1v) is 4.79. The Hall–Kier alpha value is -1.34. The normalized spacial score (nSPS) is 15.3. The van der Waals surface area contributed by atoms with Gasteiger partial charge < -0.3 is 24.2 Å². The molecule has 8 heteroatoms. The van der Waals surface area contributed by atoms with E-state index >= 15 is 0 Å². The Bertz CT molecular complexity index is 399. The maximum Gasteiger partial charge on any atom is 0.317 e. The maximum atomic E-state index is 11.2. The largest absolute Gasteiger partial charge is 0.550 e. The summed E-state index contributed by atoms with van der Waals surface area (Å²) in [4.78, 5) is 32.1. The minimum absolute atomic E-state index is 0. The van der Waals surface area contributed by atoms with Gasteiger partial charge in [0.1, 0.15) is 13.0 Å². The van der Waals surface area contributed by atoms with Crippen LogP contribution in [-0.4, -0.2) is 61.2 Å². The molecule has 0 aliphatic carbocycles. The summed E-state index contributed by atoms with van der Waals surface area (Å²) in [6, 6.07) is 0. The van der Waals surface area contributed by atoms with Gasteiger partial charge in [-0.15, -0.1) is 12.4 Å². The predicted octanol–water partition coefficient (Wildman–Crippen LogP) is -1.36. The van der Waals surface area contributed by atoms with Gasteiger partial charge in [-0.3, -0.25) is 9.59 Å². The van der Waals surface area contributed by atoms with Gasteiger partial charge in [-0.25, -0.2) is 0 Å². The van der Waals surface area contributed by atoms with Crippen molar-refractivity contribution < 1.29 is 37.9 Å². The third kappa shape index (κ3) is 11.2. The Morgan fingerprint density at radius 2 is 2.00 bits per heavy atom. The average Bonchev–Trinajstić information content (AvgIpc) is 2.10. The second-order valence-electron chi connectivity index (χ2n) is 4.13. The molecule has 0 fully saturated rings. The highest BCUT2D eigenvalue weighted by atomic mass is 35.5. The van der Waals surface area contributed by atoms with Crippen LogP contribution in [0.15, 0.2) is 0 Å². The lowest BCUT2D eigenvalue weighted by molar-refractivity contribution is -0.873. The van der Waals surface area contributed by atoms with Crippen molar-refractivity contribution in [3.8, 4) is 0 Å². The molecule has 0 saturated heterocycles. The van der Waals surface area contributed by atoms with Crippen LogP contribution < -0.4 is 5.11 Å². The number of carboxylic acid groups (broad SMARTS) is 2. The van der Waals surface area contributed by atoms with Crippen LogP contribution in [0, 0.1) is 0 Å². The van der Waals surface area contributed by atoms with E-state index in [0.29, 0.717) is 0 Å². The van der Waals surface area contributed by atoms with Gasteiger partial charge in [0.25, 0.3) is 0 Å². The first kappa shape index (κ1) is 13.1. The molecule has 7 nitrogen and oxygen atoms in total. The minimum Gasteiger partial charge on any atom is -0.550 e. The van der Waals surface area contributed by atoms with E-state index in [1.165, 1.54) is 14.1 Å². The summed E-state index contributed by atoms with van der Waals surface area (Å²) in [7, 11) is 2.64. The van der Waals surface area contributed by atoms with Gasteiger partial charge in [0, 0.05) is 12.4 Å². The number of likely N-dealkylation sites (N-methyl/N-ethyl adjacent to an activating group) is 1. The highest BCUT2D eigenvalue weighted by Gasteiger charge is 2.23. The van der Waals surface area contributed by atoms with E-state index in [0.717, 1.165) is 0 Å². The number of aliphatic carboxylic acids is 2. The van der Waals surface area contributed by atoms with Crippen LogP contribution >= 0.6 is 12.4 Å². The molecule has 106 valence electrons. The highest BCUT2D eigenvalue weighted by Crippen LogP contribution is 2.05. The van der Waals surface area contributed by atoms with Gasteiger partial charge in [-0.05, 0) is 0 Å². The first-order chi connectivity index (χ1) is 8.85. The number of hydrogen-bond acceptors (Lipinski definition) is 5.